The van der Waals surface area contributed by atoms with Crippen molar-refractivity contribution in [1.29, 1.82) is 0 Å². The predicted molar refractivity (Wildman–Crippen MR) is 85.1 cm³/mol. The van der Waals surface area contributed by atoms with E-state index in [-0.39, 0.29) is 17.2 Å². The summed E-state index contributed by atoms with van der Waals surface area (Å²) >= 11 is 0. The zero-order valence-corrected chi connectivity index (χ0v) is 13.1. The number of amides is 1. The highest BCUT2D eigenvalue weighted by molar-refractivity contribution is 5.95. The Morgan fingerprint density at radius 1 is 1.27 bits per heavy atom. The molecule has 22 heavy (non-hydrogen) atoms. The van der Waals surface area contributed by atoms with Gasteiger partial charge in [0.05, 0.1) is 6.61 Å². The van der Waals surface area contributed by atoms with Crippen LogP contribution < -0.4 is 15.4 Å². The lowest BCUT2D eigenvalue weighted by Gasteiger charge is -2.23. The number of rotatable bonds is 6. The highest BCUT2D eigenvalue weighted by atomic mass is 16.5. The highest BCUT2D eigenvalue weighted by Crippen LogP contribution is 2.58. The molecule has 2 N–H and O–H groups in total. The average Bonchev–Trinajstić information content (AvgIpc) is 3.23. The van der Waals surface area contributed by atoms with E-state index in [1.165, 1.54) is 0 Å². The fourth-order valence-corrected chi connectivity index (χ4v) is 3.30. The summed E-state index contributed by atoms with van der Waals surface area (Å²) in [5.74, 6) is 1.14. The number of piperidine rings is 1. The highest BCUT2D eigenvalue weighted by Gasteiger charge is 2.57. The van der Waals surface area contributed by atoms with E-state index in [1.807, 2.05) is 24.3 Å². The van der Waals surface area contributed by atoms with E-state index >= 15 is 0 Å². The van der Waals surface area contributed by atoms with Gasteiger partial charge in [0.15, 0.2) is 0 Å². The zero-order chi connectivity index (χ0) is 15.4. The van der Waals surface area contributed by atoms with Gasteiger partial charge in [-0.15, -0.1) is 0 Å². The first-order chi connectivity index (χ1) is 10.7. The number of hydrogen-bond donors (Lipinski definition) is 2. The van der Waals surface area contributed by atoms with Gasteiger partial charge >= 0.3 is 0 Å². The summed E-state index contributed by atoms with van der Waals surface area (Å²) in [7, 11) is 1.65. The SMILES string of the molecule is COCCOc1ccc(NC(=O)C2CC23CCNCC3)cc1. The van der Waals surface area contributed by atoms with Crippen molar-refractivity contribution < 1.29 is 14.3 Å². The summed E-state index contributed by atoms with van der Waals surface area (Å²) in [6.07, 6.45) is 3.29. The van der Waals surface area contributed by atoms with Crippen LogP contribution in [0.4, 0.5) is 5.69 Å². The van der Waals surface area contributed by atoms with Gasteiger partial charge in [0, 0.05) is 18.7 Å². The minimum atomic E-state index is 0.162. The second-order valence-corrected chi connectivity index (χ2v) is 6.22. The molecule has 1 aliphatic carbocycles. The molecule has 3 rings (SSSR count). The number of ether oxygens (including phenoxy) is 2. The third-order valence-corrected chi connectivity index (χ3v) is 4.78. The first-order valence-corrected chi connectivity index (χ1v) is 7.97. The van der Waals surface area contributed by atoms with Crippen LogP contribution in [-0.2, 0) is 9.53 Å². The Balaban J connectivity index is 1.50. The summed E-state index contributed by atoms with van der Waals surface area (Å²) in [6.45, 7) is 3.17. The first-order valence-electron chi connectivity index (χ1n) is 7.97. The minimum Gasteiger partial charge on any atom is -0.491 e. The van der Waals surface area contributed by atoms with Crippen LogP contribution in [-0.4, -0.2) is 39.3 Å². The summed E-state index contributed by atoms with van der Waals surface area (Å²) in [5, 5.41) is 6.39. The predicted octanol–water partition coefficient (Wildman–Crippen LogP) is 2.04. The first kappa shape index (κ1) is 15.3. The Kier molecular flexibility index (Phi) is 4.64. The molecule has 2 aliphatic rings. The second-order valence-electron chi connectivity index (χ2n) is 6.22. The van der Waals surface area contributed by atoms with Crippen molar-refractivity contribution >= 4 is 11.6 Å². The number of methoxy groups -OCH3 is 1. The molecule has 2 fully saturated rings. The molecule has 1 saturated carbocycles. The Bertz CT molecular complexity index is 509. The van der Waals surface area contributed by atoms with Crippen LogP contribution >= 0.6 is 0 Å². The molecule has 1 unspecified atom stereocenters. The fourth-order valence-electron chi connectivity index (χ4n) is 3.30. The number of hydrogen-bond acceptors (Lipinski definition) is 4. The van der Waals surface area contributed by atoms with Gasteiger partial charge in [0.2, 0.25) is 5.91 Å². The molecular formula is C17H24N2O3. The standard InChI is InChI=1S/C17H24N2O3/c1-21-10-11-22-14-4-2-13(3-5-14)19-16(20)15-12-17(15)6-8-18-9-7-17/h2-5,15,18H,6-12H2,1H3,(H,19,20). The third kappa shape index (κ3) is 3.42. The van der Waals surface area contributed by atoms with Crippen LogP contribution in [0, 0.1) is 11.3 Å². The number of benzene rings is 1. The third-order valence-electron chi connectivity index (χ3n) is 4.78. The van der Waals surface area contributed by atoms with E-state index in [0.29, 0.717) is 13.2 Å². The quantitative estimate of drug-likeness (QED) is 0.790. The lowest BCUT2D eigenvalue weighted by atomic mass is 9.92. The summed E-state index contributed by atoms with van der Waals surface area (Å²) in [6, 6.07) is 7.52. The normalized spacial score (nSPS) is 22.3. The number of carbonyl (C=O) groups is 1. The van der Waals surface area contributed by atoms with E-state index in [0.717, 1.165) is 43.8 Å². The molecule has 0 radical (unpaired) electrons. The van der Waals surface area contributed by atoms with Gasteiger partial charge in [0.1, 0.15) is 12.4 Å². The molecule has 1 aromatic rings. The maximum atomic E-state index is 12.4. The van der Waals surface area contributed by atoms with Gasteiger partial charge in [-0.05, 0) is 62.0 Å². The van der Waals surface area contributed by atoms with Crippen molar-refractivity contribution in [3.8, 4) is 5.75 Å². The average molecular weight is 304 g/mol. The van der Waals surface area contributed by atoms with Crippen molar-refractivity contribution in [2.24, 2.45) is 11.3 Å². The summed E-state index contributed by atoms with van der Waals surface area (Å²) in [4.78, 5) is 12.4. The van der Waals surface area contributed by atoms with Crippen LogP contribution in [0.1, 0.15) is 19.3 Å². The zero-order valence-electron chi connectivity index (χ0n) is 13.1. The molecule has 0 aromatic heterocycles. The molecule has 1 aromatic carbocycles. The van der Waals surface area contributed by atoms with Gasteiger partial charge in [-0.1, -0.05) is 0 Å². The Morgan fingerprint density at radius 2 is 2.00 bits per heavy atom. The molecule has 120 valence electrons. The molecular weight excluding hydrogens is 280 g/mol. The maximum absolute atomic E-state index is 12.4. The van der Waals surface area contributed by atoms with E-state index < -0.39 is 0 Å². The van der Waals surface area contributed by atoms with Crippen molar-refractivity contribution in [3.63, 3.8) is 0 Å². The van der Waals surface area contributed by atoms with E-state index in [9.17, 15) is 4.79 Å². The Labute approximate surface area is 131 Å². The van der Waals surface area contributed by atoms with E-state index in [4.69, 9.17) is 9.47 Å². The van der Waals surface area contributed by atoms with Gasteiger partial charge in [-0.2, -0.15) is 0 Å². The molecule has 0 bridgehead atoms. The van der Waals surface area contributed by atoms with Gasteiger partial charge in [-0.3, -0.25) is 4.79 Å². The summed E-state index contributed by atoms with van der Waals surface area (Å²) < 4.78 is 10.5. The van der Waals surface area contributed by atoms with Crippen LogP contribution in [0.15, 0.2) is 24.3 Å². The number of carbonyl (C=O) groups excluding carboxylic acids is 1. The van der Waals surface area contributed by atoms with Crippen molar-refractivity contribution in [1.82, 2.24) is 5.32 Å². The van der Waals surface area contributed by atoms with E-state index in [1.54, 1.807) is 7.11 Å². The van der Waals surface area contributed by atoms with Crippen molar-refractivity contribution in [2.75, 3.05) is 38.7 Å². The fraction of sp³-hybridized carbons (Fsp3) is 0.588. The lowest BCUT2D eigenvalue weighted by molar-refractivity contribution is -0.118. The molecule has 1 atom stereocenters. The molecule has 1 amide bonds. The summed E-state index contributed by atoms with van der Waals surface area (Å²) in [5.41, 5.74) is 1.11. The Morgan fingerprint density at radius 3 is 2.68 bits per heavy atom. The van der Waals surface area contributed by atoms with Crippen LogP contribution in [0.25, 0.3) is 0 Å². The van der Waals surface area contributed by atoms with Crippen LogP contribution in [0.3, 0.4) is 0 Å². The minimum absolute atomic E-state index is 0.162. The second kappa shape index (κ2) is 6.67. The molecule has 5 heteroatoms. The van der Waals surface area contributed by atoms with Crippen LogP contribution in [0.5, 0.6) is 5.75 Å². The van der Waals surface area contributed by atoms with Gasteiger partial charge < -0.3 is 20.1 Å². The maximum Gasteiger partial charge on any atom is 0.228 e. The van der Waals surface area contributed by atoms with Gasteiger partial charge in [-0.25, -0.2) is 0 Å². The molecule has 1 spiro atoms. The largest absolute Gasteiger partial charge is 0.491 e. The smallest absolute Gasteiger partial charge is 0.228 e. The molecule has 1 saturated heterocycles. The van der Waals surface area contributed by atoms with E-state index in [2.05, 4.69) is 10.6 Å². The Hall–Kier alpha value is -1.59. The number of nitrogens with one attached hydrogen (secondary N) is 2. The molecule has 1 heterocycles. The van der Waals surface area contributed by atoms with Crippen LogP contribution in [0.2, 0.25) is 0 Å². The van der Waals surface area contributed by atoms with Gasteiger partial charge in [0.25, 0.3) is 0 Å². The molecule has 1 aliphatic heterocycles. The monoisotopic (exact) mass is 304 g/mol. The lowest BCUT2D eigenvalue weighted by Crippen LogP contribution is -2.31. The van der Waals surface area contributed by atoms with Crippen molar-refractivity contribution in [2.45, 2.75) is 19.3 Å². The molecule has 5 nitrogen and oxygen atoms in total. The van der Waals surface area contributed by atoms with Crippen molar-refractivity contribution in [3.05, 3.63) is 24.3 Å². The number of anilines is 1. The topological polar surface area (TPSA) is 59.6 Å².